The maximum absolute atomic E-state index is 11.9. The lowest BCUT2D eigenvalue weighted by Crippen LogP contribution is -2.24. The van der Waals surface area contributed by atoms with Crippen LogP contribution in [0.3, 0.4) is 0 Å². The minimum absolute atomic E-state index is 0.535. The standard InChI is InChI=1S/C10H25O3PSi/c1-7-10(2)8-9-12-14(3,11)13-15(4,5)6/h10H,7-9H2,1-6H3. The maximum atomic E-state index is 11.9. The molecule has 0 aliphatic carbocycles. The Kier molecular flexibility index (Phi) is 6.34. The summed E-state index contributed by atoms with van der Waals surface area (Å²) in [5, 5.41) is 0. The van der Waals surface area contributed by atoms with E-state index in [1.807, 2.05) is 19.6 Å². The highest BCUT2D eigenvalue weighted by Gasteiger charge is 2.26. The van der Waals surface area contributed by atoms with Crippen LogP contribution in [0.25, 0.3) is 0 Å². The van der Waals surface area contributed by atoms with Crippen molar-refractivity contribution in [1.29, 1.82) is 0 Å². The molecular weight excluding hydrogens is 227 g/mol. The Morgan fingerprint density at radius 2 is 1.87 bits per heavy atom. The highest BCUT2D eigenvalue weighted by Crippen LogP contribution is 2.46. The Morgan fingerprint density at radius 3 is 2.27 bits per heavy atom. The second-order valence-corrected chi connectivity index (χ2v) is 11.9. The van der Waals surface area contributed by atoms with Gasteiger partial charge in [0.05, 0.1) is 6.61 Å². The Bertz CT molecular complexity index is 225. The molecule has 0 aromatic carbocycles. The van der Waals surface area contributed by atoms with Gasteiger partial charge in [0.1, 0.15) is 0 Å². The third-order valence-electron chi connectivity index (χ3n) is 2.07. The lowest BCUT2D eigenvalue weighted by Gasteiger charge is -2.23. The van der Waals surface area contributed by atoms with Crippen LogP contribution in [0.4, 0.5) is 0 Å². The van der Waals surface area contributed by atoms with Gasteiger partial charge in [-0.1, -0.05) is 20.3 Å². The molecule has 0 amide bonds. The first-order valence-electron chi connectivity index (χ1n) is 5.59. The summed E-state index contributed by atoms with van der Waals surface area (Å²) in [4.78, 5) is 0. The van der Waals surface area contributed by atoms with E-state index in [2.05, 4.69) is 13.8 Å². The second kappa shape index (κ2) is 6.19. The first-order valence-corrected chi connectivity index (χ1v) is 11.0. The molecule has 92 valence electrons. The molecule has 0 spiro atoms. The van der Waals surface area contributed by atoms with E-state index < -0.39 is 15.9 Å². The fourth-order valence-corrected chi connectivity index (χ4v) is 5.78. The van der Waals surface area contributed by atoms with Crippen LogP contribution in [0.5, 0.6) is 0 Å². The molecular formula is C10H25O3PSi. The van der Waals surface area contributed by atoms with Gasteiger partial charge < -0.3 is 8.74 Å². The zero-order valence-corrected chi connectivity index (χ0v) is 12.8. The molecule has 0 heterocycles. The van der Waals surface area contributed by atoms with Crippen molar-refractivity contribution >= 4 is 15.9 Å². The Hall–Kier alpha value is 0.367. The summed E-state index contributed by atoms with van der Waals surface area (Å²) in [6, 6.07) is 0. The van der Waals surface area contributed by atoms with E-state index in [1.165, 1.54) is 0 Å². The quantitative estimate of drug-likeness (QED) is 0.505. The zero-order chi connectivity index (χ0) is 12.1. The predicted octanol–water partition coefficient (Wildman–Crippen LogP) is 4.11. The number of rotatable bonds is 7. The van der Waals surface area contributed by atoms with Gasteiger partial charge in [-0.05, 0) is 32.0 Å². The van der Waals surface area contributed by atoms with Gasteiger partial charge in [-0.2, -0.15) is 0 Å². The molecule has 0 saturated heterocycles. The van der Waals surface area contributed by atoms with Gasteiger partial charge in [-0.15, -0.1) is 0 Å². The highest BCUT2D eigenvalue weighted by molar-refractivity contribution is 7.54. The van der Waals surface area contributed by atoms with Gasteiger partial charge in [0.2, 0.25) is 0 Å². The molecule has 0 aromatic rings. The van der Waals surface area contributed by atoms with E-state index in [9.17, 15) is 4.57 Å². The minimum Gasteiger partial charge on any atom is -0.351 e. The fraction of sp³-hybridized carbons (Fsp3) is 1.00. The smallest absolute Gasteiger partial charge is 0.318 e. The van der Waals surface area contributed by atoms with Crippen molar-refractivity contribution in [3.8, 4) is 0 Å². The molecule has 0 radical (unpaired) electrons. The predicted molar refractivity (Wildman–Crippen MR) is 68.0 cm³/mol. The maximum Gasteiger partial charge on any atom is 0.318 e. The molecule has 0 N–H and O–H groups in total. The summed E-state index contributed by atoms with van der Waals surface area (Å²) in [7, 11) is -4.59. The summed E-state index contributed by atoms with van der Waals surface area (Å²) >= 11 is 0. The van der Waals surface area contributed by atoms with Gasteiger partial charge in [-0.3, -0.25) is 4.57 Å². The number of hydrogen-bond acceptors (Lipinski definition) is 3. The van der Waals surface area contributed by atoms with E-state index in [1.54, 1.807) is 6.66 Å². The molecule has 3 nitrogen and oxygen atoms in total. The van der Waals surface area contributed by atoms with E-state index >= 15 is 0 Å². The SMILES string of the molecule is CCC(C)CCOP(C)(=O)O[Si](C)(C)C. The van der Waals surface area contributed by atoms with Crippen LogP contribution in [0, 0.1) is 5.92 Å². The van der Waals surface area contributed by atoms with Crippen LogP contribution in [0.2, 0.25) is 19.6 Å². The van der Waals surface area contributed by atoms with Gasteiger partial charge in [-0.25, -0.2) is 0 Å². The molecule has 2 atom stereocenters. The van der Waals surface area contributed by atoms with Crippen LogP contribution in [0.1, 0.15) is 26.7 Å². The van der Waals surface area contributed by atoms with Gasteiger partial charge in [0.25, 0.3) is 0 Å². The van der Waals surface area contributed by atoms with Crippen molar-refractivity contribution in [3.05, 3.63) is 0 Å². The normalized spacial score (nSPS) is 18.5. The fourth-order valence-electron chi connectivity index (χ4n) is 1.15. The van der Waals surface area contributed by atoms with Crippen molar-refractivity contribution in [3.63, 3.8) is 0 Å². The summed E-state index contributed by atoms with van der Waals surface area (Å²) in [5.74, 6) is 0.622. The van der Waals surface area contributed by atoms with E-state index in [4.69, 9.17) is 8.74 Å². The minimum atomic E-state index is -2.82. The lowest BCUT2D eigenvalue weighted by molar-refractivity contribution is 0.246. The van der Waals surface area contributed by atoms with E-state index in [-0.39, 0.29) is 0 Å². The van der Waals surface area contributed by atoms with Gasteiger partial charge in [0, 0.05) is 6.66 Å². The summed E-state index contributed by atoms with van der Waals surface area (Å²) in [6.07, 6.45) is 2.08. The third kappa shape index (κ3) is 9.30. The summed E-state index contributed by atoms with van der Waals surface area (Å²) in [6.45, 7) is 12.5. The summed E-state index contributed by atoms with van der Waals surface area (Å²) < 4.78 is 22.7. The van der Waals surface area contributed by atoms with Crippen LogP contribution in [-0.4, -0.2) is 21.6 Å². The lowest BCUT2D eigenvalue weighted by atomic mass is 10.1. The van der Waals surface area contributed by atoms with Gasteiger partial charge in [0.15, 0.2) is 8.32 Å². The first-order chi connectivity index (χ1) is 6.66. The van der Waals surface area contributed by atoms with Crippen molar-refractivity contribution in [2.45, 2.75) is 46.3 Å². The average Bonchev–Trinajstić information content (AvgIpc) is 1.98. The van der Waals surface area contributed by atoms with Crippen LogP contribution < -0.4 is 0 Å². The molecule has 0 aliphatic rings. The Labute approximate surface area is 95.2 Å². The van der Waals surface area contributed by atoms with Gasteiger partial charge >= 0.3 is 7.60 Å². The molecule has 5 heteroatoms. The highest BCUT2D eigenvalue weighted by atomic mass is 31.2. The Morgan fingerprint density at radius 1 is 1.33 bits per heavy atom. The van der Waals surface area contributed by atoms with Crippen LogP contribution in [0.15, 0.2) is 0 Å². The van der Waals surface area contributed by atoms with Crippen molar-refractivity contribution in [2.24, 2.45) is 5.92 Å². The van der Waals surface area contributed by atoms with E-state index in [0.29, 0.717) is 12.5 Å². The summed E-state index contributed by atoms with van der Waals surface area (Å²) in [5.41, 5.74) is 0. The number of hydrogen-bond donors (Lipinski definition) is 0. The van der Waals surface area contributed by atoms with Crippen molar-refractivity contribution in [2.75, 3.05) is 13.3 Å². The molecule has 0 fully saturated rings. The Balaban J connectivity index is 3.90. The van der Waals surface area contributed by atoms with Crippen LogP contribution in [-0.2, 0) is 13.3 Å². The molecule has 0 rings (SSSR count). The molecule has 0 bridgehead atoms. The monoisotopic (exact) mass is 252 g/mol. The third-order valence-corrected chi connectivity index (χ3v) is 6.24. The topological polar surface area (TPSA) is 35.5 Å². The van der Waals surface area contributed by atoms with Crippen molar-refractivity contribution in [1.82, 2.24) is 0 Å². The average molecular weight is 252 g/mol. The zero-order valence-electron chi connectivity index (χ0n) is 10.9. The molecule has 0 saturated carbocycles. The van der Waals surface area contributed by atoms with Crippen molar-refractivity contribution < 1.29 is 13.3 Å². The molecule has 0 aromatic heterocycles. The van der Waals surface area contributed by atoms with Crippen LogP contribution >= 0.6 is 7.60 Å². The molecule has 2 unspecified atom stereocenters. The van der Waals surface area contributed by atoms with E-state index in [0.717, 1.165) is 12.8 Å². The second-order valence-electron chi connectivity index (χ2n) is 5.11. The molecule has 0 aliphatic heterocycles. The largest absolute Gasteiger partial charge is 0.351 e. The first kappa shape index (κ1) is 15.4. The molecule has 15 heavy (non-hydrogen) atoms.